The number of nitrogens with zero attached hydrogens (tertiary/aromatic N) is 4. The molecule has 2 heterocycles. The second-order valence-corrected chi connectivity index (χ2v) is 7.44. The zero-order chi connectivity index (χ0) is 19.0. The summed E-state index contributed by atoms with van der Waals surface area (Å²) in [5.41, 5.74) is 2.45. The highest BCUT2D eigenvalue weighted by Gasteiger charge is 2.26. The minimum absolute atomic E-state index is 0.00318. The molecule has 0 amide bonds. The van der Waals surface area contributed by atoms with Crippen LogP contribution >= 0.6 is 0 Å². The lowest BCUT2D eigenvalue weighted by Crippen LogP contribution is -3.13. The van der Waals surface area contributed by atoms with Crippen molar-refractivity contribution >= 4 is 0 Å². The number of aromatic nitrogens is 4. The molecule has 4 rings (SSSR count). The highest BCUT2D eigenvalue weighted by Crippen LogP contribution is 2.28. The van der Waals surface area contributed by atoms with Crippen LogP contribution in [0.1, 0.15) is 42.3 Å². The van der Waals surface area contributed by atoms with Crippen LogP contribution in [0, 0.1) is 0 Å². The van der Waals surface area contributed by atoms with Crippen LogP contribution in [0.4, 0.5) is 0 Å². The van der Waals surface area contributed by atoms with Gasteiger partial charge >= 0.3 is 0 Å². The van der Waals surface area contributed by atoms with Gasteiger partial charge < -0.3 is 14.7 Å². The van der Waals surface area contributed by atoms with Gasteiger partial charge in [-0.25, -0.2) is 0 Å². The number of benzene rings is 2. The van der Waals surface area contributed by atoms with E-state index in [0.717, 1.165) is 51.1 Å². The Morgan fingerprint density at radius 1 is 0.964 bits per heavy atom. The summed E-state index contributed by atoms with van der Waals surface area (Å²) >= 11 is 0. The van der Waals surface area contributed by atoms with Crippen molar-refractivity contribution in [2.24, 2.45) is 0 Å². The molecular formula is C22H27N5O. The van der Waals surface area contributed by atoms with Crippen LogP contribution in [-0.4, -0.2) is 41.3 Å². The predicted molar refractivity (Wildman–Crippen MR) is 106 cm³/mol. The first-order chi connectivity index (χ1) is 13.9. The van der Waals surface area contributed by atoms with Gasteiger partial charge in [-0.1, -0.05) is 60.7 Å². The summed E-state index contributed by atoms with van der Waals surface area (Å²) in [4.78, 5) is 1.64. The number of hydrogen-bond acceptors (Lipinski definition) is 4. The van der Waals surface area contributed by atoms with Gasteiger partial charge in [0.15, 0.2) is 0 Å². The average Bonchev–Trinajstić information content (AvgIpc) is 3.28. The van der Waals surface area contributed by atoms with E-state index < -0.39 is 0 Å². The molecule has 1 saturated heterocycles. The number of tetrazole rings is 1. The second-order valence-electron chi connectivity index (χ2n) is 7.44. The van der Waals surface area contributed by atoms with Crippen LogP contribution in [0.5, 0.6) is 0 Å². The molecule has 3 aromatic rings. The molecular weight excluding hydrogens is 350 g/mol. The fraction of sp³-hybridized carbons (Fsp3) is 0.409. The van der Waals surface area contributed by atoms with Gasteiger partial charge in [-0.3, -0.25) is 10.3 Å². The fourth-order valence-electron chi connectivity index (χ4n) is 3.94. The van der Waals surface area contributed by atoms with Crippen LogP contribution in [0.3, 0.4) is 0 Å². The minimum Gasteiger partial charge on any atom is -0.365 e. The number of quaternary nitrogens is 1. The van der Waals surface area contributed by atoms with Crippen LogP contribution in [0.15, 0.2) is 60.7 Å². The lowest BCUT2D eigenvalue weighted by molar-refractivity contribution is -0.906. The quantitative estimate of drug-likeness (QED) is 0.646. The Hall–Kier alpha value is -2.57. The molecule has 1 aliphatic rings. The molecule has 1 fully saturated rings. The van der Waals surface area contributed by atoms with Crippen LogP contribution in [-0.2, 0) is 11.2 Å². The van der Waals surface area contributed by atoms with Gasteiger partial charge in [-0.15, -0.1) is 0 Å². The summed E-state index contributed by atoms with van der Waals surface area (Å²) in [5, 5.41) is 14.9. The van der Waals surface area contributed by atoms with E-state index >= 15 is 0 Å². The molecule has 6 nitrogen and oxygen atoms in total. The highest BCUT2D eigenvalue weighted by atomic mass is 16.5. The van der Waals surface area contributed by atoms with E-state index in [1.54, 1.807) is 4.90 Å². The smallest absolute Gasteiger partial charge is 0.108 e. The molecule has 0 spiro atoms. The van der Waals surface area contributed by atoms with Gasteiger partial charge in [0.05, 0.1) is 25.7 Å². The number of nitrogens with one attached hydrogen (secondary N) is 1. The zero-order valence-electron chi connectivity index (χ0n) is 16.1. The van der Waals surface area contributed by atoms with E-state index in [0.29, 0.717) is 6.10 Å². The Morgan fingerprint density at radius 2 is 1.61 bits per heavy atom. The third kappa shape index (κ3) is 5.03. The lowest BCUT2D eigenvalue weighted by atomic mass is 10.00. The van der Waals surface area contributed by atoms with E-state index in [2.05, 4.69) is 81.3 Å². The Kier molecular flexibility index (Phi) is 6.42. The van der Waals surface area contributed by atoms with Gasteiger partial charge in [0.25, 0.3) is 0 Å². The predicted octanol–water partition coefficient (Wildman–Crippen LogP) is 1.61. The first kappa shape index (κ1) is 18.8. The molecule has 2 aromatic carbocycles. The lowest BCUT2D eigenvalue weighted by Gasteiger charge is -2.32. The molecule has 6 heteroatoms. The monoisotopic (exact) mass is 377 g/mol. The number of piperidine rings is 1. The maximum Gasteiger partial charge on any atom is 0.108 e. The summed E-state index contributed by atoms with van der Waals surface area (Å²) < 4.78 is 6.63. The number of likely N-dealkylation sites (tertiary alicyclic amines) is 1. The third-order valence-corrected chi connectivity index (χ3v) is 5.46. The summed E-state index contributed by atoms with van der Waals surface area (Å²) in [7, 11) is 0. The van der Waals surface area contributed by atoms with E-state index in [-0.39, 0.29) is 6.10 Å². The van der Waals surface area contributed by atoms with Crippen molar-refractivity contribution in [1.82, 2.24) is 20.6 Å². The van der Waals surface area contributed by atoms with Crippen molar-refractivity contribution in [3.8, 4) is 0 Å². The van der Waals surface area contributed by atoms with Crippen molar-refractivity contribution in [2.45, 2.75) is 37.9 Å². The van der Waals surface area contributed by atoms with E-state index in [9.17, 15) is 0 Å². The Balaban J connectivity index is 1.30. The number of rotatable bonds is 8. The summed E-state index contributed by atoms with van der Waals surface area (Å²) in [6.45, 7) is 3.45. The topological polar surface area (TPSA) is 66.4 Å². The van der Waals surface area contributed by atoms with Crippen molar-refractivity contribution in [1.29, 1.82) is 0 Å². The molecule has 1 N–H and O–H groups in total. The molecule has 0 radical (unpaired) electrons. The van der Waals surface area contributed by atoms with Gasteiger partial charge in [-0.05, 0) is 17.5 Å². The molecule has 1 aromatic heterocycles. The average molecular weight is 377 g/mol. The Bertz CT molecular complexity index is 762. The normalized spacial score (nSPS) is 19.8. The van der Waals surface area contributed by atoms with Crippen LogP contribution in [0.2, 0.25) is 0 Å². The Labute approximate surface area is 165 Å². The molecule has 1 aliphatic heterocycles. The standard InChI is InChI=1S/C22H26N5O/c1-3-8-18(9-4-1)22(19-10-5-2-6-11-19)28-20-13-16-27(17-14-20)15-7-12-21-23-25-26-24-21/h1-6,8-11,20,22H,7,12-17H2/q-1/p+1. The van der Waals surface area contributed by atoms with Crippen molar-refractivity contribution in [3.05, 3.63) is 77.6 Å². The summed E-state index contributed by atoms with van der Waals surface area (Å²) in [6, 6.07) is 21.1. The first-order valence-electron chi connectivity index (χ1n) is 10.1. The second kappa shape index (κ2) is 9.57. The van der Waals surface area contributed by atoms with E-state index in [1.165, 1.54) is 11.1 Å². The number of ether oxygens (including phenoxy) is 1. The van der Waals surface area contributed by atoms with Gasteiger partial charge in [-0.2, -0.15) is 5.21 Å². The molecule has 28 heavy (non-hydrogen) atoms. The first-order valence-corrected chi connectivity index (χ1v) is 10.1. The third-order valence-electron chi connectivity index (χ3n) is 5.46. The summed E-state index contributed by atoms with van der Waals surface area (Å²) in [5.74, 6) is 0.756. The van der Waals surface area contributed by atoms with Crippen LogP contribution < -0.4 is 10.00 Å². The molecule has 0 bridgehead atoms. The minimum atomic E-state index is 0.00318. The number of hydrogen-bond donors (Lipinski definition) is 1. The Morgan fingerprint density at radius 3 is 2.18 bits per heavy atom. The number of aryl methyl sites for hydroxylation is 1. The van der Waals surface area contributed by atoms with E-state index in [4.69, 9.17) is 4.74 Å². The van der Waals surface area contributed by atoms with Crippen molar-refractivity contribution in [2.75, 3.05) is 19.6 Å². The summed E-state index contributed by atoms with van der Waals surface area (Å²) in [6.07, 6.45) is 4.44. The maximum absolute atomic E-state index is 6.63. The molecule has 0 saturated carbocycles. The molecule has 146 valence electrons. The molecule has 0 unspecified atom stereocenters. The molecule has 0 aliphatic carbocycles. The van der Waals surface area contributed by atoms with E-state index in [1.807, 2.05) is 0 Å². The van der Waals surface area contributed by atoms with Crippen molar-refractivity contribution < 1.29 is 9.64 Å². The SMILES string of the molecule is c1ccc(C(OC2CC[NH+](CCCc3nnn[n-]3)CC2)c2ccccc2)cc1. The van der Waals surface area contributed by atoms with Gasteiger partial charge in [0.1, 0.15) is 6.10 Å². The maximum atomic E-state index is 6.63. The zero-order valence-corrected chi connectivity index (χ0v) is 16.1. The van der Waals surface area contributed by atoms with Gasteiger partial charge in [0.2, 0.25) is 0 Å². The molecule has 0 atom stereocenters. The van der Waals surface area contributed by atoms with Crippen LogP contribution in [0.25, 0.3) is 0 Å². The van der Waals surface area contributed by atoms with Crippen molar-refractivity contribution in [3.63, 3.8) is 0 Å². The largest absolute Gasteiger partial charge is 0.365 e. The fourth-order valence-corrected chi connectivity index (χ4v) is 3.94. The van der Waals surface area contributed by atoms with Gasteiger partial charge in [0, 0.05) is 25.1 Å². The highest BCUT2D eigenvalue weighted by molar-refractivity contribution is 5.30.